The smallest absolute Gasteiger partial charge is 0.258 e. The number of anilines is 1. The molecule has 2 aromatic carbocycles. The van der Waals surface area contributed by atoms with E-state index in [1.165, 1.54) is 0 Å². The van der Waals surface area contributed by atoms with Gasteiger partial charge in [0.1, 0.15) is 5.75 Å². The molecule has 1 aromatic heterocycles. The van der Waals surface area contributed by atoms with E-state index in [2.05, 4.69) is 15.5 Å². The molecular formula is C16H15N3O2. The van der Waals surface area contributed by atoms with E-state index in [1.807, 2.05) is 61.6 Å². The van der Waals surface area contributed by atoms with Crippen LogP contribution in [0.5, 0.6) is 5.75 Å². The molecule has 0 amide bonds. The standard InChI is InChI=1S/C16H15N3O2/c1-17-13-7-9-14(10-8-13)20-11-15-18-16(21-19-15)12-5-3-2-4-6-12/h2-10,17H,11H2,1H3. The van der Waals surface area contributed by atoms with Gasteiger partial charge in [-0.25, -0.2) is 0 Å². The van der Waals surface area contributed by atoms with Crippen molar-refractivity contribution >= 4 is 5.69 Å². The molecule has 1 heterocycles. The maximum atomic E-state index is 5.63. The molecule has 5 heteroatoms. The summed E-state index contributed by atoms with van der Waals surface area (Å²) in [6.45, 7) is 0.273. The quantitative estimate of drug-likeness (QED) is 0.777. The zero-order chi connectivity index (χ0) is 14.5. The Morgan fingerprint density at radius 2 is 1.81 bits per heavy atom. The maximum absolute atomic E-state index is 5.63. The predicted octanol–water partition coefficient (Wildman–Crippen LogP) is 3.36. The lowest BCUT2D eigenvalue weighted by atomic mass is 10.2. The number of rotatable bonds is 5. The first-order valence-electron chi connectivity index (χ1n) is 6.64. The third-order valence-corrected chi connectivity index (χ3v) is 3.00. The summed E-state index contributed by atoms with van der Waals surface area (Å²) in [4.78, 5) is 4.31. The van der Waals surface area contributed by atoms with Gasteiger partial charge in [-0.15, -0.1) is 0 Å². The minimum atomic E-state index is 0.273. The first kappa shape index (κ1) is 13.2. The predicted molar refractivity (Wildman–Crippen MR) is 80.1 cm³/mol. The Kier molecular flexibility index (Phi) is 3.82. The third kappa shape index (κ3) is 3.20. The van der Waals surface area contributed by atoms with Crippen LogP contribution in [0.2, 0.25) is 0 Å². The number of ether oxygens (including phenoxy) is 1. The summed E-state index contributed by atoms with van der Waals surface area (Å²) < 4.78 is 10.9. The monoisotopic (exact) mass is 281 g/mol. The molecule has 106 valence electrons. The maximum Gasteiger partial charge on any atom is 0.258 e. The van der Waals surface area contributed by atoms with Gasteiger partial charge in [0.2, 0.25) is 5.82 Å². The van der Waals surface area contributed by atoms with Gasteiger partial charge in [0.15, 0.2) is 6.61 Å². The number of nitrogens with one attached hydrogen (secondary N) is 1. The summed E-state index contributed by atoms with van der Waals surface area (Å²) in [5.41, 5.74) is 1.93. The first-order valence-corrected chi connectivity index (χ1v) is 6.64. The van der Waals surface area contributed by atoms with Gasteiger partial charge >= 0.3 is 0 Å². The van der Waals surface area contributed by atoms with E-state index in [-0.39, 0.29) is 6.61 Å². The molecule has 0 bridgehead atoms. The van der Waals surface area contributed by atoms with Gasteiger partial charge < -0.3 is 14.6 Å². The second kappa shape index (κ2) is 6.09. The van der Waals surface area contributed by atoms with E-state index in [1.54, 1.807) is 0 Å². The molecule has 0 aliphatic rings. The van der Waals surface area contributed by atoms with Crippen LogP contribution in [0.25, 0.3) is 11.5 Å². The molecule has 5 nitrogen and oxygen atoms in total. The molecule has 3 aromatic rings. The van der Waals surface area contributed by atoms with E-state index < -0.39 is 0 Å². The van der Waals surface area contributed by atoms with Crippen LogP contribution in [0.4, 0.5) is 5.69 Å². The van der Waals surface area contributed by atoms with Gasteiger partial charge in [0.25, 0.3) is 5.89 Å². The molecule has 0 aliphatic heterocycles. The minimum Gasteiger partial charge on any atom is -0.485 e. The highest BCUT2D eigenvalue weighted by Crippen LogP contribution is 2.18. The van der Waals surface area contributed by atoms with Gasteiger partial charge in [-0.05, 0) is 36.4 Å². The summed E-state index contributed by atoms with van der Waals surface area (Å²) >= 11 is 0. The topological polar surface area (TPSA) is 60.2 Å². The minimum absolute atomic E-state index is 0.273. The second-order valence-electron chi connectivity index (χ2n) is 4.44. The van der Waals surface area contributed by atoms with E-state index in [9.17, 15) is 0 Å². The average molecular weight is 281 g/mol. The Balaban J connectivity index is 1.64. The third-order valence-electron chi connectivity index (χ3n) is 3.00. The highest BCUT2D eigenvalue weighted by Gasteiger charge is 2.08. The number of hydrogen-bond donors (Lipinski definition) is 1. The van der Waals surface area contributed by atoms with Crippen molar-refractivity contribution in [2.75, 3.05) is 12.4 Å². The highest BCUT2D eigenvalue weighted by atomic mass is 16.5. The number of nitrogens with zero attached hydrogens (tertiary/aromatic N) is 2. The van der Waals surface area contributed by atoms with Crippen molar-refractivity contribution in [3.63, 3.8) is 0 Å². The Labute approximate surface area is 122 Å². The number of hydrogen-bond acceptors (Lipinski definition) is 5. The molecule has 0 aliphatic carbocycles. The van der Waals surface area contributed by atoms with Gasteiger partial charge in [0.05, 0.1) is 0 Å². The Hall–Kier alpha value is -2.82. The lowest BCUT2D eigenvalue weighted by molar-refractivity contribution is 0.287. The molecule has 0 spiro atoms. The molecule has 0 radical (unpaired) electrons. The van der Waals surface area contributed by atoms with Crippen LogP contribution in [-0.4, -0.2) is 17.2 Å². The van der Waals surface area contributed by atoms with Crippen LogP contribution < -0.4 is 10.1 Å². The van der Waals surface area contributed by atoms with Gasteiger partial charge in [-0.3, -0.25) is 0 Å². The highest BCUT2D eigenvalue weighted by molar-refractivity contribution is 5.52. The van der Waals surface area contributed by atoms with Crippen LogP contribution >= 0.6 is 0 Å². The normalized spacial score (nSPS) is 10.3. The van der Waals surface area contributed by atoms with E-state index in [0.29, 0.717) is 11.7 Å². The molecule has 0 saturated heterocycles. The lowest BCUT2D eigenvalue weighted by Gasteiger charge is -2.04. The van der Waals surface area contributed by atoms with Gasteiger partial charge in [-0.1, -0.05) is 23.4 Å². The van der Waals surface area contributed by atoms with Crippen LogP contribution in [0.15, 0.2) is 59.1 Å². The molecule has 3 rings (SSSR count). The SMILES string of the molecule is CNc1ccc(OCc2noc(-c3ccccc3)n2)cc1. The molecule has 0 atom stereocenters. The summed E-state index contributed by atoms with van der Waals surface area (Å²) in [7, 11) is 1.88. The molecule has 0 saturated carbocycles. The van der Waals surface area contributed by atoms with Crippen LogP contribution in [-0.2, 0) is 6.61 Å². The van der Waals surface area contributed by atoms with E-state index in [0.717, 1.165) is 17.0 Å². The fraction of sp³-hybridized carbons (Fsp3) is 0.125. The number of benzene rings is 2. The Morgan fingerprint density at radius 1 is 1.05 bits per heavy atom. The van der Waals surface area contributed by atoms with Crippen molar-refractivity contribution in [3.8, 4) is 17.2 Å². The van der Waals surface area contributed by atoms with Crippen molar-refractivity contribution in [2.24, 2.45) is 0 Å². The molecular weight excluding hydrogens is 266 g/mol. The molecule has 21 heavy (non-hydrogen) atoms. The molecule has 1 N–H and O–H groups in total. The summed E-state index contributed by atoms with van der Waals surface area (Å²) in [6, 6.07) is 17.3. The van der Waals surface area contributed by atoms with Crippen molar-refractivity contribution < 1.29 is 9.26 Å². The number of aromatic nitrogens is 2. The largest absolute Gasteiger partial charge is 0.485 e. The zero-order valence-electron chi connectivity index (χ0n) is 11.6. The van der Waals surface area contributed by atoms with Gasteiger partial charge in [-0.2, -0.15) is 4.98 Å². The fourth-order valence-corrected chi connectivity index (χ4v) is 1.88. The summed E-state index contributed by atoms with van der Waals surface area (Å²) in [5, 5.41) is 6.97. The second-order valence-corrected chi connectivity index (χ2v) is 4.44. The van der Waals surface area contributed by atoms with Crippen LogP contribution in [0.1, 0.15) is 5.82 Å². The fourth-order valence-electron chi connectivity index (χ4n) is 1.88. The first-order chi connectivity index (χ1) is 10.3. The molecule has 0 unspecified atom stereocenters. The van der Waals surface area contributed by atoms with E-state index in [4.69, 9.17) is 9.26 Å². The van der Waals surface area contributed by atoms with Crippen molar-refractivity contribution in [3.05, 3.63) is 60.4 Å². The van der Waals surface area contributed by atoms with Crippen molar-refractivity contribution in [1.82, 2.24) is 10.1 Å². The van der Waals surface area contributed by atoms with Crippen LogP contribution in [0.3, 0.4) is 0 Å². The van der Waals surface area contributed by atoms with Gasteiger partial charge in [0, 0.05) is 18.3 Å². The van der Waals surface area contributed by atoms with Crippen molar-refractivity contribution in [1.29, 1.82) is 0 Å². The summed E-state index contributed by atoms with van der Waals surface area (Å²) in [6.07, 6.45) is 0. The van der Waals surface area contributed by atoms with E-state index >= 15 is 0 Å². The van der Waals surface area contributed by atoms with Crippen molar-refractivity contribution in [2.45, 2.75) is 6.61 Å². The van der Waals surface area contributed by atoms with Crippen LogP contribution in [0, 0.1) is 0 Å². The Bertz CT molecular complexity index is 693. The average Bonchev–Trinajstić information content (AvgIpc) is 3.03. The summed E-state index contributed by atoms with van der Waals surface area (Å²) in [5.74, 6) is 1.78. The lowest BCUT2D eigenvalue weighted by Crippen LogP contribution is -1.97. The zero-order valence-corrected chi connectivity index (χ0v) is 11.6. The Morgan fingerprint density at radius 3 is 2.52 bits per heavy atom. The molecule has 0 fully saturated rings.